The molecule has 3 aromatic rings. The van der Waals surface area contributed by atoms with Crippen LogP contribution < -0.4 is 11.1 Å². The lowest BCUT2D eigenvalue weighted by Crippen LogP contribution is -2.40. The molecule has 1 aliphatic heterocycles. The van der Waals surface area contributed by atoms with Crippen LogP contribution in [0, 0.1) is 5.92 Å². The van der Waals surface area contributed by atoms with Crippen molar-refractivity contribution in [1.29, 1.82) is 0 Å². The zero-order chi connectivity index (χ0) is 24.2. The van der Waals surface area contributed by atoms with Gasteiger partial charge in [-0.3, -0.25) is 4.79 Å². The third kappa shape index (κ3) is 5.26. The minimum absolute atomic E-state index is 0.0989. The van der Waals surface area contributed by atoms with Gasteiger partial charge >= 0.3 is 0 Å². The van der Waals surface area contributed by atoms with Crippen molar-refractivity contribution >= 4 is 46.0 Å². The summed E-state index contributed by atoms with van der Waals surface area (Å²) in [6, 6.07) is 7.89. The molecule has 11 heteroatoms. The Hall–Kier alpha value is -2.50. The van der Waals surface area contributed by atoms with E-state index < -0.39 is 17.9 Å². The Bertz CT molecular complexity index is 1210. The van der Waals surface area contributed by atoms with E-state index in [2.05, 4.69) is 20.3 Å². The second-order valence-corrected chi connectivity index (χ2v) is 9.59. The molecule has 34 heavy (non-hydrogen) atoms. The maximum absolute atomic E-state index is 11.9. The number of hydrogen-bond acceptors (Lipinski definition) is 9. The number of carbonyl (C=O) groups is 1. The number of halogens is 1. The van der Waals surface area contributed by atoms with E-state index in [9.17, 15) is 9.90 Å². The van der Waals surface area contributed by atoms with Crippen molar-refractivity contribution in [1.82, 2.24) is 20.3 Å². The number of rotatable bonds is 9. The molecule has 2 aromatic carbocycles. The Kier molecular flexibility index (Phi) is 7.84. The predicted molar refractivity (Wildman–Crippen MR) is 131 cm³/mol. The van der Waals surface area contributed by atoms with Crippen molar-refractivity contribution in [2.24, 2.45) is 5.92 Å². The molecule has 1 aromatic heterocycles. The molecule has 5 N–H and O–H groups in total. The maximum atomic E-state index is 11.9. The number of aliphatic hydroxyl groups is 2. The van der Waals surface area contributed by atoms with Gasteiger partial charge in [-0.2, -0.15) is 9.97 Å². The van der Waals surface area contributed by atoms with E-state index in [1.54, 1.807) is 6.92 Å². The normalized spacial score (nSPS) is 14.7. The predicted octanol–water partition coefficient (Wildman–Crippen LogP) is 2.55. The fourth-order valence-corrected chi connectivity index (χ4v) is 4.90. The number of benzene rings is 2. The van der Waals surface area contributed by atoms with E-state index >= 15 is 0 Å². The number of aliphatic hydroxyl groups excluding tert-OH is 2. The summed E-state index contributed by atoms with van der Waals surface area (Å²) in [7, 11) is 0. The minimum atomic E-state index is -1.23. The van der Waals surface area contributed by atoms with Gasteiger partial charge in [0.1, 0.15) is 6.10 Å². The molecule has 0 saturated heterocycles. The van der Waals surface area contributed by atoms with E-state index in [0.29, 0.717) is 53.5 Å². The number of anilines is 1. The van der Waals surface area contributed by atoms with Crippen LogP contribution in [0.3, 0.4) is 0 Å². The van der Waals surface area contributed by atoms with E-state index in [-0.39, 0.29) is 12.6 Å². The number of ether oxygens (including phenoxy) is 1. The topological polar surface area (TPSA) is 143 Å². The van der Waals surface area contributed by atoms with Gasteiger partial charge in [0.25, 0.3) is 0 Å². The van der Waals surface area contributed by atoms with Crippen LogP contribution in [-0.2, 0) is 22.7 Å². The van der Waals surface area contributed by atoms with Gasteiger partial charge in [0.05, 0.1) is 18.2 Å². The minimum Gasteiger partial charge on any atom is -0.396 e. The van der Waals surface area contributed by atoms with Gasteiger partial charge in [-0.15, -0.1) is 0 Å². The summed E-state index contributed by atoms with van der Waals surface area (Å²) in [5.41, 5.74) is 8.82. The highest BCUT2D eigenvalue weighted by atomic mass is 35.5. The Morgan fingerprint density at radius 1 is 1.29 bits per heavy atom. The Balaban J connectivity index is 1.48. The Labute approximate surface area is 206 Å². The maximum Gasteiger partial charge on any atom is 0.249 e. The average molecular weight is 504 g/mol. The lowest BCUT2D eigenvalue weighted by molar-refractivity contribution is -0.132. The molecule has 0 aliphatic carbocycles. The second kappa shape index (κ2) is 10.8. The van der Waals surface area contributed by atoms with Crippen LogP contribution in [0.15, 0.2) is 29.4 Å². The molecule has 2 unspecified atom stereocenters. The number of nitrogens with two attached hydrogens (primary N) is 1. The number of nitrogen functional groups attached to an aromatic ring is 1. The van der Waals surface area contributed by atoms with Gasteiger partial charge in [-0.1, -0.05) is 48.5 Å². The molecule has 9 nitrogen and oxygen atoms in total. The van der Waals surface area contributed by atoms with E-state index in [1.807, 2.05) is 24.3 Å². The third-order valence-electron chi connectivity index (χ3n) is 5.60. The summed E-state index contributed by atoms with van der Waals surface area (Å²) in [4.78, 5) is 25.1. The lowest BCUT2D eigenvalue weighted by atomic mass is 9.94. The largest absolute Gasteiger partial charge is 0.396 e. The summed E-state index contributed by atoms with van der Waals surface area (Å²) in [6.07, 6.45) is -0.610. The average Bonchev–Trinajstić information content (AvgIpc) is 2.82. The second-order valence-electron chi connectivity index (χ2n) is 8.12. The molecule has 0 radical (unpaired) electrons. The van der Waals surface area contributed by atoms with E-state index in [1.165, 1.54) is 11.8 Å². The molecule has 2 heterocycles. The van der Waals surface area contributed by atoms with Crippen molar-refractivity contribution in [2.45, 2.75) is 37.8 Å². The van der Waals surface area contributed by atoms with Gasteiger partial charge in [-0.05, 0) is 34.4 Å². The number of carbonyl (C=O) groups excluding carboxylic acids is 1. The molecule has 0 spiro atoms. The number of nitrogens with zero attached hydrogens (tertiary/aromatic N) is 3. The van der Waals surface area contributed by atoms with Crippen LogP contribution >= 0.6 is 23.4 Å². The first-order valence-electron chi connectivity index (χ1n) is 10.9. The van der Waals surface area contributed by atoms with Gasteiger partial charge < -0.3 is 26.0 Å². The van der Waals surface area contributed by atoms with Gasteiger partial charge in [0.2, 0.25) is 11.9 Å². The zero-order valence-electron chi connectivity index (χ0n) is 18.6. The zero-order valence-corrected chi connectivity index (χ0v) is 20.2. The van der Waals surface area contributed by atoms with Gasteiger partial charge in [-0.25, -0.2) is 4.98 Å². The fourth-order valence-electron chi connectivity index (χ4n) is 3.80. The van der Waals surface area contributed by atoms with Crippen molar-refractivity contribution in [3.8, 4) is 11.4 Å². The quantitative estimate of drug-likeness (QED) is 0.256. The van der Waals surface area contributed by atoms with Crippen LogP contribution in [0.2, 0.25) is 5.02 Å². The number of nitrogens with one attached hydrogen (secondary N) is 1. The summed E-state index contributed by atoms with van der Waals surface area (Å²) < 4.78 is 5.66. The Morgan fingerprint density at radius 3 is 2.88 bits per heavy atom. The first-order valence-corrected chi connectivity index (χ1v) is 12.3. The number of aromatic nitrogens is 3. The number of thioether (sulfide) groups is 1. The molecule has 0 bridgehead atoms. The molecule has 0 saturated carbocycles. The summed E-state index contributed by atoms with van der Waals surface area (Å²) >= 11 is 8.04. The van der Waals surface area contributed by atoms with Gasteiger partial charge in [0.15, 0.2) is 11.0 Å². The van der Waals surface area contributed by atoms with Crippen molar-refractivity contribution < 1.29 is 19.7 Å². The van der Waals surface area contributed by atoms with Crippen LogP contribution in [0.1, 0.15) is 24.5 Å². The van der Waals surface area contributed by atoms with Crippen molar-refractivity contribution in [2.75, 3.05) is 24.6 Å². The van der Waals surface area contributed by atoms with Crippen LogP contribution in [0.4, 0.5) is 5.95 Å². The van der Waals surface area contributed by atoms with Crippen molar-refractivity contribution in [3.05, 3.63) is 40.4 Å². The van der Waals surface area contributed by atoms with Crippen LogP contribution in [-0.4, -0.2) is 56.1 Å². The highest BCUT2D eigenvalue weighted by molar-refractivity contribution is 7.99. The molecular formula is C23H26ClN5O4S. The number of amides is 1. The summed E-state index contributed by atoms with van der Waals surface area (Å²) in [5, 5.41) is 24.6. The fraction of sp³-hybridized carbons (Fsp3) is 0.391. The monoisotopic (exact) mass is 503 g/mol. The number of hydrogen-bond donors (Lipinski definition) is 4. The van der Waals surface area contributed by atoms with Crippen LogP contribution in [0.5, 0.6) is 0 Å². The third-order valence-corrected chi connectivity index (χ3v) is 6.83. The highest BCUT2D eigenvalue weighted by Gasteiger charge is 2.22. The standard InChI is InChI=1S/C23H26ClN5O4S/c1-12(9-30)19(31)21(32)26-6-3-7-34-23-28-20(27-22(25)29-23)18-15-5-2-4-13-10-33-11-14(17(13)15)8-16(18)24/h2,4-5,8,12,19,30-31H,3,6-7,9-11H2,1H3,(H,26,32)(H2,25,27,28,29). The van der Waals surface area contributed by atoms with Crippen LogP contribution in [0.25, 0.3) is 22.2 Å². The molecule has 0 fully saturated rings. The summed E-state index contributed by atoms with van der Waals surface area (Å²) in [6.45, 7) is 2.76. The molecule has 1 aliphatic rings. The lowest BCUT2D eigenvalue weighted by Gasteiger charge is -2.20. The molecule has 2 atom stereocenters. The van der Waals surface area contributed by atoms with E-state index in [4.69, 9.17) is 27.2 Å². The first-order chi connectivity index (χ1) is 16.4. The molecule has 180 valence electrons. The molecule has 1 amide bonds. The van der Waals surface area contributed by atoms with E-state index in [0.717, 1.165) is 21.9 Å². The Morgan fingerprint density at radius 2 is 2.09 bits per heavy atom. The van der Waals surface area contributed by atoms with Gasteiger partial charge in [0, 0.05) is 30.4 Å². The van der Waals surface area contributed by atoms with Crippen molar-refractivity contribution in [3.63, 3.8) is 0 Å². The molecular weight excluding hydrogens is 478 g/mol. The SMILES string of the molecule is CC(CO)C(O)C(=O)NCCCSc1nc(N)nc(-c2c(Cl)cc3c4c(cccc24)COC3)n1. The molecule has 4 rings (SSSR count). The highest BCUT2D eigenvalue weighted by Crippen LogP contribution is 2.39. The summed E-state index contributed by atoms with van der Waals surface area (Å²) in [5.74, 6) is 0.104. The smallest absolute Gasteiger partial charge is 0.249 e. The first kappa shape index (κ1) is 24.6.